The first kappa shape index (κ1) is 22.8. The molecule has 3 aliphatic rings. The Hall–Kier alpha value is -3.39. The van der Waals surface area contributed by atoms with Crippen molar-refractivity contribution in [1.29, 1.82) is 0 Å². The Morgan fingerprint density at radius 2 is 2.05 bits per heavy atom. The van der Waals surface area contributed by atoms with Crippen molar-refractivity contribution in [2.75, 3.05) is 27.2 Å². The van der Waals surface area contributed by atoms with Gasteiger partial charge in [0.2, 0.25) is 0 Å². The molecule has 3 atom stereocenters. The van der Waals surface area contributed by atoms with Crippen molar-refractivity contribution in [2.24, 2.45) is 24.8 Å². The molecule has 2 aliphatic carbocycles. The maximum Gasteiger partial charge on any atom is 0.254 e. The average molecular weight is 499 g/mol. The minimum atomic E-state index is 0.0779. The number of rotatable bonds is 7. The monoisotopic (exact) mass is 498 g/mol. The summed E-state index contributed by atoms with van der Waals surface area (Å²) in [5, 5.41) is 4.42. The summed E-state index contributed by atoms with van der Waals surface area (Å²) in [7, 11) is 5.67. The topological polar surface area (TPSA) is 77.2 Å². The third-order valence-electron chi connectivity index (χ3n) is 8.90. The number of carbonyl (C=O) groups excluding carboxylic acids is 1. The molecule has 1 saturated heterocycles. The molecular formula is C29H34N6O2. The number of pyridine rings is 1. The highest BCUT2D eigenvalue weighted by Gasteiger charge is 2.48. The first-order chi connectivity index (χ1) is 18.1. The highest BCUT2D eigenvalue weighted by molar-refractivity contribution is 6.00. The van der Waals surface area contributed by atoms with E-state index in [1.807, 2.05) is 38.5 Å². The molecule has 1 aromatic carbocycles. The number of nitrogens with zero attached hydrogens (tertiary/aromatic N) is 5. The lowest BCUT2D eigenvalue weighted by molar-refractivity contribution is 0.0718. The van der Waals surface area contributed by atoms with Crippen molar-refractivity contribution < 1.29 is 9.53 Å². The van der Waals surface area contributed by atoms with Crippen molar-refractivity contribution >= 4 is 28.0 Å². The van der Waals surface area contributed by atoms with Gasteiger partial charge in [-0.2, -0.15) is 0 Å². The molecule has 0 spiro atoms. The molecule has 3 aromatic heterocycles. The van der Waals surface area contributed by atoms with Gasteiger partial charge in [0.1, 0.15) is 16.9 Å². The van der Waals surface area contributed by atoms with Crippen molar-refractivity contribution in [1.82, 2.24) is 29.3 Å². The van der Waals surface area contributed by atoms with Gasteiger partial charge in [0.15, 0.2) is 5.82 Å². The third-order valence-corrected chi connectivity index (χ3v) is 8.90. The summed E-state index contributed by atoms with van der Waals surface area (Å²) in [5.74, 6) is 3.57. The second-order valence-electron chi connectivity index (χ2n) is 11.1. The fourth-order valence-corrected chi connectivity index (χ4v) is 6.65. The first-order valence-electron chi connectivity index (χ1n) is 13.5. The minimum absolute atomic E-state index is 0.0779. The summed E-state index contributed by atoms with van der Waals surface area (Å²) < 4.78 is 10.3. The molecule has 1 N–H and O–H groups in total. The van der Waals surface area contributed by atoms with Crippen LogP contribution < -0.4 is 10.1 Å². The Labute approximate surface area is 216 Å². The summed E-state index contributed by atoms with van der Waals surface area (Å²) in [6.45, 7) is 2.63. The molecule has 8 heteroatoms. The fraction of sp³-hybridized carbons (Fsp3) is 0.483. The number of aromatic nitrogens is 4. The minimum Gasteiger partial charge on any atom is -0.494 e. The maximum atomic E-state index is 13.8. The van der Waals surface area contributed by atoms with E-state index in [0.29, 0.717) is 29.1 Å². The fourth-order valence-electron chi connectivity index (χ4n) is 6.65. The zero-order chi connectivity index (χ0) is 25.3. The largest absolute Gasteiger partial charge is 0.494 e. The number of amides is 1. The van der Waals surface area contributed by atoms with Crippen molar-refractivity contribution in [3.63, 3.8) is 0 Å². The number of nitrogens with one attached hydrogen (secondary N) is 1. The SMILES string of the molecule is CNC[C@@H]1[C@@H]2CC[C@@H]2CN1C(=O)c1cc(OC)c2c(c1)nc(-c1cc3cccnc3n1CC1CC1)n2C. The Bertz CT molecular complexity index is 1520. The number of aryl methyl sites for hydroxylation is 1. The number of ether oxygens (including phenoxy) is 1. The van der Waals surface area contributed by atoms with Crippen LogP contribution in [0, 0.1) is 17.8 Å². The Morgan fingerprint density at radius 3 is 2.78 bits per heavy atom. The van der Waals surface area contributed by atoms with Gasteiger partial charge in [0.05, 0.1) is 18.3 Å². The molecule has 4 heterocycles. The van der Waals surface area contributed by atoms with Crippen LogP contribution in [0.25, 0.3) is 33.6 Å². The Kier molecular flexibility index (Phi) is 5.29. The molecule has 4 aromatic rings. The molecule has 37 heavy (non-hydrogen) atoms. The van der Waals surface area contributed by atoms with Gasteiger partial charge in [-0.25, -0.2) is 9.97 Å². The quantitative estimate of drug-likeness (QED) is 0.416. The zero-order valence-corrected chi connectivity index (χ0v) is 21.8. The van der Waals surface area contributed by atoms with E-state index < -0.39 is 0 Å². The third kappa shape index (κ3) is 3.56. The summed E-state index contributed by atoms with van der Waals surface area (Å²) in [5.41, 5.74) is 4.39. The van der Waals surface area contributed by atoms with Gasteiger partial charge >= 0.3 is 0 Å². The zero-order valence-electron chi connectivity index (χ0n) is 21.8. The summed E-state index contributed by atoms with van der Waals surface area (Å²) in [6.07, 6.45) is 6.83. The lowest BCUT2D eigenvalue weighted by Gasteiger charge is -2.33. The number of carbonyl (C=O) groups is 1. The summed E-state index contributed by atoms with van der Waals surface area (Å²) >= 11 is 0. The second-order valence-corrected chi connectivity index (χ2v) is 11.1. The number of likely N-dealkylation sites (N-methyl/N-ethyl adjacent to an activating group) is 1. The molecular weight excluding hydrogens is 464 g/mol. The van der Waals surface area contributed by atoms with E-state index in [0.717, 1.165) is 53.2 Å². The lowest BCUT2D eigenvalue weighted by Crippen LogP contribution is -2.44. The van der Waals surface area contributed by atoms with Crippen LogP contribution in [0.1, 0.15) is 36.0 Å². The molecule has 192 valence electrons. The first-order valence-corrected chi connectivity index (χ1v) is 13.5. The van der Waals surface area contributed by atoms with E-state index in [4.69, 9.17) is 14.7 Å². The van der Waals surface area contributed by atoms with E-state index in [2.05, 4.69) is 31.5 Å². The normalized spacial score (nSPS) is 23.0. The molecule has 1 amide bonds. The highest BCUT2D eigenvalue weighted by atomic mass is 16.5. The highest BCUT2D eigenvalue weighted by Crippen LogP contribution is 2.45. The van der Waals surface area contributed by atoms with Crippen molar-refractivity contribution in [2.45, 2.75) is 38.3 Å². The molecule has 2 saturated carbocycles. The molecule has 1 aliphatic heterocycles. The van der Waals surface area contributed by atoms with Gasteiger partial charge < -0.3 is 24.1 Å². The lowest BCUT2D eigenvalue weighted by atomic mass is 9.73. The van der Waals surface area contributed by atoms with E-state index in [-0.39, 0.29) is 11.9 Å². The molecule has 0 unspecified atom stereocenters. The summed E-state index contributed by atoms with van der Waals surface area (Å²) in [6, 6.07) is 10.4. The van der Waals surface area contributed by atoms with E-state index in [9.17, 15) is 4.79 Å². The van der Waals surface area contributed by atoms with E-state index in [1.54, 1.807) is 7.11 Å². The van der Waals surface area contributed by atoms with E-state index in [1.165, 1.54) is 25.7 Å². The van der Waals surface area contributed by atoms with Gasteiger partial charge in [0, 0.05) is 49.9 Å². The van der Waals surface area contributed by atoms with Crippen LogP contribution in [0.4, 0.5) is 0 Å². The van der Waals surface area contributed by atoms with Gasteiger partial charge in [-0.1, -0.05) is 0 Å². The van der Waals surface area contributed by atoms with Crippen LogP contribution in [0.2, 0.25) is 0 Å². The number of hydrogen-bond donors (Lipinski definition) is 1. The van der Waals surface area contributed by atoms with Crippen molar-refractivity contribution in [3.05, 3.63) is 42.1 Å². The predicted molar refractivity (Wildman–Crippen MR) is 144 cm³/mol. The van der Waals surface area contributed by atoms with Crippen LogP contribution in [-0.2, 0) is 13.6 Å². The number of hydrogen-bond acceptors (Lipinski definition) is 5. The van der Waals surface area contributed by atoms with Crippen LogP contribution >= 0.6 is 0 Å². The number of methoxy groups -OCH3 is 1. The van der Waals surface area contributed by atoms with Crippen LogP contribution in [0.15, 0.2) is 36.5 Å². The number of imidazole rings is 1. The number of fused-ring (bicyclic) bond motifs is 3. The van der Waals surface area contributed by atoms with Crippen LogP contribution in [0.5, 0.6) is 5.75 Å². The van der Waals surface area contributed by atoms with Crippen molar-refractivity contribution in [3.8, 4) is 17.3 Å². The number of benzene rings is 1. The number of likely N-dealkylation sites (tertiary alicyclic amines) is 1. The Morgan fingerprint density at radius 1 is 1.19 bits per heavy atom. The molecule has 8 nitrogen and oxygen atoms in total. The van der Waals surface area contributed by atoms with E-state index >= 15 is 0 Å². The molecule has 0 radical (unpaired) electrons. The molecule has 0 bridgehead atoms. The van der Waals surface area contributed by atoms with Gasteiger partial charge in [0.25, 0.3) is 5.91 Å². The Balaban J connectivity index is 1.32. The van der Waals surface area contributed by atoms with Gasteiger partial charge in [-0.05, 0) is 80.8 Å². The van der Waals surface area contributed by atoms with Gasteiger partial charge in [-0.3, -0.25) is 4.79 Å². The average Bonchev–Trinajstić information content (AvgIpc) is 3.49. The van der Waals surface area contributed by atoms with Crippen LogP contribution in [-0.4, -0.2) is 63.2 Å². The molecule has 7 rings (SSSR count). The molecule has 3 fully saturated rings. The van der Waals surface area contributed by atoms with Gasteiger partial charge in [-0.15, -0.1) is 0 Å². The van der Waals surface area contributed by atoms with Crippen LogP contribution in [0.3, 0.4) is 0 Å². The summed E-state index contributed by atoms with van der Waals surface area (Å²) in [4.78, 5) is 25.7. The standard InChI is InChI=1S/C29H34N6O2/c1-30-14-24-21-9-8-19(21)16-35(24)29(36)20-11-22-26(25(13-20)37-3)33(2)28(32-22)23-12-18-5-4-10-31-27(18)34(23)15-17-6-7-17/h4-5,10-13,17,19,21,24,30H,6-9,14-16H2,1-3H3/t19-,21-,24-/m1/s1. The second kappa shape index (κ2) is 8.58. The predicted octanol–water partition coefficient (Wildman–Crippen LogP) is 4.08. The maximum absolute atomic E-state index is 13.8. The smallest absolute Gasteiger partial charge is 0.254 e.